The molecule has 0 saturated heterocycles. The third-order valence-corrected chi connectivity index (χ3v) is 2.43. The first-order chi connectivity index (χ1) is 8.56. The third kappa shape index (κ3) is 2.52. The highest BCUT2D eigenvalue weighted by molar-refractivity contribution is 5.92. The molecule has 0 aliphatic carbocycles. The molecule has 18 heavy (non-hydrogen) atoms. The summed E-state index contributed by atoms with van der Waals surface area (Å²) in [4.78, 5) is 10.9. The van der Waals surface area contributed by atoms with Crippen LogP contribution in [-0.2, 0) is 0 Å². The molecular weight excluding hydrogens is 230 g/mol. The zero-order valence-electron chi connectivity index (χ0n) is 9.59. The molecule has 0 bridgehead atoms. The molecule has 0 radical (unpaired) electrons. The van der Waals surface area contributed by atoms with E-state index in [0.717, 1.165) is 0 Å². The third-order valence-electron chi connectivity index (χ3n) is 2.43. The number of amides is 1. The molecule has 0 unspecified atom stereocenters. The summed E-state index contributed by atoms with van der Waals surface area (Å²) >= 11 is 0. The lowest BCUT2D eigenvalue weighted by Gasteiger charge is -2.07. The predicted molar refractivity (Wildman–Crippen MR) is 70.3 cm³/mol. The van der Waals surface area contributed by atoms with E-state index in [0.29, 0.717) is 28.4 Å². The lowest BCUT2D eigenvalue weighted by atomic mass is 10.2. The van der Waals surface area contributed by atoms with Crippen LogP contribution in [0.3, 0.4) is 0 Å². The maximum atomic E-state index is 10.9. The van der Waals surface area contributed by atoms with Crippen molar-refractivity contribution in [1.29, 1.82) is 0 Å². The first-order valence-corrected chi connectivity index (χ1v) is 5.29. The molecule has 92 valence electrons. The van der Waals surface area contributed by atoms with Crippen molar-refractivity contribution >= 4 is 17.3 Å². The Balaban J connectivity index is 2.18. The first-order valence-electron chi connectivity index (χ1n) is 5.29. The molecule has 0 fully saturated rings. The fourth-order valence-electron chi connectivity index (χ4n) is 1.44. The number of carbonyl (C=O) groups is 1. The van der Waals surface area contributed by atoms with Crippen molar-refractivity contribution in [1.82, 2.24) is 0 Å². The van der Waals surface area contributed by atoms with Gasteiger partial charge in [0.15, 0.2) is 0 Å². The standard InChI is InChI=1S/C13H13N3O2/c14-11-6-5-10(7-12(11)15)18-9-3-1-8(2-4-9)13(16)17/h1-7H,14-15H2,(H2,16,17). The number of nitrogen functional groups attached to an aromatic ring is 2. The molecule has 1 amide bonds. The number of ether oxygens (including phenoxy) is 1. The summed E-state index contributed by atoms with van der Waals surface area (Å²) in [6, 6.07) is 11.5. The highest BCUT2D eigenvalue weighted by atomic mass is 16.5. The molecule has 6 N–H and O–H groups in total. The minimum atomic E-state index is -0.474. The highest BCUT2D eigenvalue weighted by Gasteiger charge is 2.02. The van der Waals surface area contributed by atoms with Gasteiger partial charge in [0.05, 0.1) is 11.4 Å². The van der Waals surface area contributed by atoms with Crippen LogP contribution in [0, 0.1) is 0 Å². The lowest BCUT2D eigenvalue weighted by molar-refractivity contribution is 0.100. The number of primary amides is 1. The Morgan fingerprint density at radius 1 is 0.889 bits per heavy atom. The van der Waals surface area contributed by atoms with Gasteiger partial charge in [-0.1, -0.05) is 0 Å². The molecule has 2 aromatic carbocycles. The molecule has 0 heterocycles. The van der Waals surface area contributed by atoms with Gasteiger partial charge in [-0.2, -0.15) is 0 Å². The Bertz CT molecular complexity index is 579. The number of benzene rings is 2. The van der Waals surface area contributed by atoms with Crippen molar-refractivity contribution in [3.8, 4) is 11.5 Å². The second kappa shape index (κ2) is 4.67. The average molecular weight is 243 g/mol. The monoisotopic (exact) mass is 243 g/mol. The molecule has 0 atom stereocenters. The van der Waals surface area contributed by atoms with Crippen LogP contribution in [0.15, 0.2) is 42.5 Å². The Morgan fingerprint density at radius 2 is 1.50 bits per heavy atom. The summed E-state index contributed by atoms with van der Waals surface area (Å²) in [5.41, 5.74) is 17.8. The molecule has 2 rings (SSSR count). The number of nitrogens with two attached hydrogens (primary N) is 3. The molecule has 0 aliphatic heterocycles. The molecule has 0 aliphatic rings. The van der Waals surface area contributed by atoms with Crippen molar-refractivity contribution in [2.75, 3.05) is 11.5 Å². The first kappa shape index (κ1) is 11.8. The number of anilines is 2. The molecule has 0 saturated carbocycles. The van der Waals surface area contributed by atoms with E-state index in [2.05, 4.69) is 0 Å². The summed E-state index contributed by atoms with van der Waals surface area (Å²) in [7, 11) is 0. The summed E-state index contributed by atoms with van der Waals surface area (Å²) in [6.07, 6.45) is 0. The Hall–Kier alpha value is -2.69. The average Bonchev–Trinajstić information content (AvgIpc) is 2.34. The largest absolute Gasteiger partial charge is 0.457 e. The van der Waals surface area contributed by atoms with Gasteiger partial charge in [-0.25, -0.2) is 0 Å². The Kier molecular flexibility index (Phi) is 3.05. The van der Waals surface area contributed by atoms with Gasteiger partial charge in [-0.15, -0.1) is 0 Å². The Morgan fingerprint density at radius 3 is 2.06 bits per heavy atom. The van der Waals surface area contributed by atoms with Crippen LogP contribution in [0.25, 0.3) is 0 Å². The number of hydrogen-bond donors (Lipinski definition) is 3. The number of carbonyl (C=O) groups excluding carboxylic acids is 1. The van der Waals surface area contributed by atoms with Gasteiger partial charge in [-0.3, -0.25) is 4.79 Å². The van der Waals surface area contributed by atoms with E-state index in [9.17, 15) is 4.79 Å². The van der Waals surface area contributed by atoms with Crippen LogP contribution in [-0.4, -0.2) is 5.91 Å². The molecule has 5 heteroatoms. The zero-order valence-corrected chi connectivity index (χ0v) is 9.59. The van der Waals surface area contributed by atoms with Gasteiger partial charge < -0.3 is 21.9 Å². The Labute approximate surface area is 104 Å². The molecule has 2 aromatic rings. The molecule has 0 aromatic heterocycles. The summed E-state index contributed by atoms with van der Waals surface area (Å²) in [5, 5.41) is 0. The van der Waals surface area contributed by atoms with Gasteiger partial charge in [0.2, 0.25) is 5.91 Å². The van der Waals surface area contributed by atoms with Crippen molar-refractivity contribution in [3.63, 3.8) is 0 Å². The summed E-state index contributed by atoms with van der Waals surface area (Å²) in [5.74, 6) is 0.691. The van der Waals surface area contributed by atoms with Gasteiger partial charge in [0.25, 0.3) is 0 Å². The minimum absolute atomic E-state index is 0.430. The van der Waals surface area contributed by atoms with E-state index in [1.807, 2.05) is 0 Å². The van der Waals surface area contributed by atoms with Gasteiger partial charge in [0, 0.05) is 11.6 Å². The van der Waals surface area contributed by atoms with E-state index in [1.165, 1.54) is 0 Å². The highest BCUT2D eigenvalue weighted by Crippen LogP contribution is 2.26. The van der Waals surface area contributed by atoms with Crippen LogP contribution >= 0.6 is 0 Å². The van der Waals surface area contributed by atoms with Gasteiger partial charge >= 0.3 is 0 Å². The van der Waals surface area contributed by atoms with Crippen LogP contribution in [0.4, 0.5) is 11.4 Å². The molecular formula is C13H13N3O2. The number of hydrogen-bond acceptors (Lipinski definition) is 4. The summed E-state index contributed by atoms with van der Waals surface area (Å²) < 4.78 is 5.56. The van der Waals surface area contributed by atoms with Gasteiger partial charge in [-0.05, 0) is 36.4 Å². The topological polar surface area (TPSA) is 104 Å². The quantitative estimate of drug-likeness (QED) is 0.714. The zero-order chi connectivity index (χ0) is 13.1. The van der Waals surface area contributed by atoms with Crippen LogP contribution < -0.4 is 21.9 Å². The van der Waals surface area contributed by atoms with Crippen molar-refractivity contribution < 1.29 is 9.53 Å². The normalized spacial score (nSPS) is 10.0. The van der Waals surface area contributed by atoms with E-state index < -0.39 is 5.91 Å². The van der Waals surface area contributed by atoms with Crippen LogP contribution in [0.1, 0.15) is 10.4 Å². The number of rotatable bonds is 3. The van der Waals surface area contributed by atoms with Crippen molar-refractivity contribution in [2.45, 2.75) is 0 Å². The fourth-order valence-corrected chi connectivity index (χ4v) is 1.44. The van der Waals surface area contributed by atoms with Crippen LogP contribution in [0.5, 0.6) is 11.5 Å². The summed E-state index contributed by atoms with van der Waals surface area (Å²) in [6.45, 7) is 0. The SMILES string of the molecule is NC(=O)c1ccc(Oc2ccc(N)c(N)c2)cc1. The molecule has 0 spiro atoms. The maximum absolute atomic E-state index is 10.9. The molecule has 5 nitrogen and oxygen atoms in total. The minimum Gasteiger partial charge on any atom is -0.457 e. The predicted octanol–water partition coefficient (Wildman–Crippen LogP) is 1.74. The van der Waals surface area contributed by atoms with Crippen LogP contribution in [0.2, 0.25) is 0 Å². The van der Waals surface area contributed by atoms with E-state index >= 15 is 0 Å². The maximum Gasteiger partial charge on any atom is 0.248 e. The van der Waals surface area contributed by atoms with Crippen molar-refractivity contribution in [2.24, 2.45) is 5.73 Å². The van der Waals surface area contributed by atoms with Gasteiger partial charge in [0.1, 0.15) is 11.5 Å². The second-order valence-corrected chi connectivity index (χ2v) is 3.78. The van der Waals surface area contributed by atoms with Crippen molar-refractivity contribution in [3.05, 3.63) is 48.0 Å². The second-order valence-electron chi connectivity index (χ2n) is 3.78. The van der Waals surface area contributed by atoms with E-state index in [-0.39, 0.29) is 0 Å². The van der Waals surface area contributed by atoms with E-state index in [1.54, 1.807) is 42.5 Å². The van der Waals surface area contributed by atoms with E-state index in [4.69, 9.17) is 21.9 Å². The lowest BCUT2D eigenvalue weighted by Crippen LogP contribution is -2.10. The fraction of sp³-hybridized carbons (Fsp3) is 0. The smallest absolute Gasteiger partial charge is 0.248 e.